The molecule has 1 atom stereocenters. The Bertz CT molecular complexity index is 954. The van der Waals surface area contributed by atoms with Gasteiger partial charge in [-0.05, 0) is 55.8 Å². The van der Waals surface area contributed by atoms with Crippen molar-refractivity contribution in [2.75, 3.05) is 47.1 Å². The summed E-state index contributed by atoms with van der Waals surface area (Å²) >= 11 is 0. The zero-order valence-electron chi connectivity index (χ0n) is 17.0. The van der Waals surface area contributed by atoms with Gasteiger partial charge in [-0.25, -0.2) is 8.42 Å². The molecule has 0 spiro atoms. The fourth-order valence-corrected chi connectivity index (χ4v) is 4.56. The van der Waals surface area contributed by atoms with Crippen molar-refractivity contribution in [1.82, 2.24) is 0 Å². The average Bonchev–Trinajstić information content (AvgIpc) is 2.68. The van der Waals surface area contributed by atoms with Crippen LogP contribution in [0, 0.1) is 6.92 Å². The number of anilines is 3. The Balaban J connectivity index is 1.74. The summed E-state index contributed by atoms with van der Waals surface area (Å²) in [5, 5.41) is 2.82. The number of carbonyl (C=O) groups excluding carboxylic acids is 1. The first kappa shape index (κ1) is 21.1. The minimum atomic E-state index is -3.64. The van der Waals surface area contributed by atoms with Gasteiger partial charge in [0, 0.05) is 24.5 Å². The predicted octanol–water partition coefficient (Wildman–Crippen LogP) is 2.62. The molecule has 1 N–H and O–H groups in total. The third kappa shape index (κ3) is 5.27. The third-order valence-corrected chi connectivity index (χ3v) is 6.10. The number of ether oxygens (including phenoxy) is 1. The van der Waals surface area contributed by atoms with E-state index in [-0.39, 0.29) is 0 Å². The van der Waals surface area contributed by atoms with Crippen LogP contribution < -0.4 is 14.5 Å². The summed E-state index contributed by atoms with van der Waals surface area (Å²) in [5.74, 6) is -0.393. The summed E-state index contributed by atoms with van der Waals surface area (Å²) in [7, 11) is -3.64. The van der Waals surface area contributed by atoms with Gasteiger partial charge in [0.05, 0.1) is 25.2 Å². The zero-order valence-corrected chi connectivity index (χ0v) is 17.8. The van der Waals surface area contributed by atoms with E-state index in [1.807, 2.05) is 37.3 Å². The van der Waals surface area contributed by atoms with Gasteiger partial charge in [-0.1, -0.05) is 12.1 Å². The summed E-state index contributed by atoms with van der Waals surface area (Å²) < 4.78 is 31.3. The number of hydrogen-bond acceptors (Lipinski definition) is 5. The highest BCUT2D eigenvalue weighted by atomic mass is 32.2. The van der Waals surface area contributed by atoms with Gasteiger partial charge in [0.2, 0.25) is 15.9 Å². The van der Waals surface area contributed by atoms with E-state index in [1.165, 1.54) is 0 Å². The fraction of sp³-hybridized carbons (Fsp3) is 0.381. The normalized spacial score (nSPS) is 15.6. The first-order valence-corrected chi connectivity index (χ1v) is 11.4. The van der Waals surface area contributed by atoms with Crippen LogP contribution in [0.3, 0.4) is 0 Å². The van der Waals surface area contributed by atoms with Crippen LogP contribution in [-0.2, 0) is 19.6 Å². The van der Waals surface area contributed by atoms with Crippen LogP contribution in [0.1, 0.15) is 12.5 Å². The lowest BCUT2D eigenvalue weighted by atomic mass is 10.2. The van der Waals surface area contributed by atoms with Crippen molar-refractivity contribution < 1.29 is 17.9 Å². The van der Waals surface area contributed by atoms with Crippen LogP contribution in [0.4, 0.5) is 17.1 Å². The Labute approximate surface area is 172 Å². The van der Waals surface area contributed by atoms with Crippen molar-refractivity contribution >= 4 is 33.0 Å². The van der Waals surface area contributed by atoms with E-state index in [0.717, 1.165) is 34.9 Å². The van der Waals surface area contributed by atoms with Gasteiger partial charge in [0.1, 0.15) is 6.04 Å². The number of morpholine rings is 1. The standard InChI is InChI=1S/C21H27N3O4S/c1-16-5-4-6-20(15-16)24(29(3,26)27)17(2)21(25)22-18-7-9-19(10-8-18)23-11-13-28-14-12-23/h4-10,15,17H,11-14H2,1-3H3,(H,22,25)/t17-/m0/s1. The van der Waals surface area contributed by atoms with Gasteiger partial charge in [-0.3, -0.25) is 9.10 Å². The molecule has 1 aliphatic heterocycles. The molecule has 7 nitrogen and oxygen atoms in total. The van der Waals surface area contributed by atoms with Gasteiger partial charge in [0.25, 0.3) is 0 Å². The number of sulfonamides is 1. The average molecular weight is 418 g/mol. The predicted molar refractivity (Wildman–Crippen MR) is 116 cm³/mol. The minimum Gasteiger partial charge on any atom is -0.378 e. The van der Waals surface area contributed by atoms with Crippen LogP contribution in [-0.4, -0.2) is 52.9 Å². The van der Waals surface area contributed by atoms with Crippen molar-refractivity contribution in [2.24, 2.45) is 0 Å². The lowest BCUT2D eigenvalue weighted by molar-refractivity contribution is -0.116. The monoisotopic (exact) mass is 417 g/mol. The molecule has 0 aromatic heterocycles. The fourth-order valence-electron chi connectivity index (χ4n) is 3.40. The van der Waals surface area contributed by atoms with Gasteiger partial charge < -0.3 is 15.0 Å². The van der Waals surface area contributed by atoms with E-state index in [9.17, 15) is 13.2 Å². The SMILES string of the molecule is Cc1cccc(N([C@@H](C)C(=O)Nc2ccc(N3CCOCC3)cc2)S(C)(=O)=O)c1. The Kier molecular flexibility index (Phi) is 6.44. The van der Waals surface area contributed by atoms with E-state index in [0.29, 0.717) is 24.6 Å². The smallest absolute Gasteiger partial charge is 0.247 e. The molecule has 2 aromatic carbocycles. The van der Waals surface area contributed by atoms with Crippen LogP contribution in [0.25, 0.3) is 0 Å². The maximum Gasteiger partial charge on any atom is 0.247 e. The molecule has 0 bridgehead atoms. The van der Waals surface area contributed by atoms with E-state index in [2.05, 4.69) is 10.2 Å². The molecule has 1 saturated heterocycles. The number of rotatable bonds is 6. The Morgan fingerprint density at radius 1 is 1.14 bits per heavy atom. The minimum absolute atomic E-state index is 0.393. The molecule has 1 aliphatic rings. The van der Waals surface area contributed by atoms with E-state index < -0.39 is 22.0 Å². The third-order valence-electron chi connectivity index (χ3n) is 4.86. The molecule has 3 rings (SSSR count). The van der Waals surface area contributed by atoms with Gasteiger partial charge in [-0.15, -0.1) is 0 Å². The number of aryl methyl sites for hydroxylation is 1. The highest BCUT2D eigenvalue weighted by Crippen LogP contribution is 2.23. The molecule has 0 unspecified atom stereocenters. The highest BCUT2D eigenvalue weighted by Gasteiger charge is 2.29. The zero-order chi connectivity index (χ0) is 21.0. The number of nitrogens with zero attached hydrogens (tertiary/aromatic N) is 2. The number of nitrogens with one attached hydrogen (secondary N) is 1. The van der Waals surface area contributed by atoms with Crippen molar-refractivity contribution in [3.05, 3.63) is 54.1 Å². The van der Waals surface area contributed by atoms with Gasteiger partial charge in [-0.2, -0.15) is 0 Å². The van der Waals surface area contributed by atoms with Crippen LogP contribution >= 0.6 is 0 Å². The Morgan fingerprint density at radius 2 is 1.79 bits per heavy atom. The van der Waals surface area contributed by atoms with Crippen molar-refractivity contribution in [1.29, 1.82) is 0 Å². The molecule has 0 radical (unpaired) electrons. The second-order valence-corrected chi connectivity index (χ2v) is 9.07. The summed E-state index contributed by atoms with van der Waals surface area (Å²) in [6, 6.07) is 13.7. The molecular weight excluding hydrogens is 390 g/mol. The molecule has 8 heteroatoms. The maximum absolute atomic E-state index is 12.8. The van der Waals surface area contributed by atoms with Crippen LogP contribution in [0.2, 0.25) is 0 Å². The number of carbonyl (C=O) groups is 1. The Hall–Kier alpha value is -2.58. The summed E-state index contributed by atoms with van der Waals surface area (Å²) in [4.78, 5) is 15.0. The molecule has 2 aromatic rings. The van der Waals surface area contributed by atoms with Crippen molar-refractivity contribution in [2.45, 2.75) is 19.9 Å². The number of amides is 1. The maximum atomic E-state index is 12.8. The molecule has 0 aliphatic carbocycles. The van der Waals surface area contributed by atoms with Gasteiger partial charge >= 0.3 is 0 Å². The van der Waals surface area contributed by atoms with Gasteiger partial charge in [0.15, 0.2) is 0 Å². The van der Waals surface area contributed by atoms with E-state index in [1.54, 1.807) is 25.1 Å². The molecular formula is C21H27N3O4S. The molecule has 1 amide bonds. The summed E-state index contributed by atoms with van der Waals surface area (Å²) in [6.07, 6.45) is 1.11. The van der Waals surface area contributed by atoms with Crippen molar-refractivity contribution in [3.63, 3.8) is 0 Å². The summed E-state index contributed by atoms with van der Waals surface area (Å²) in [5.41, 5.74) is 3.08. The number of hydrogen-bond donors (Lipinski definition) is 1. The second-order valence-electron chi connectivity index (χ2n) is 7.21. The quantitative estimate of drug-likeness (QED) is 0.782. The van der Waals surface area contributed by atoms with Crippen LogP contribution in [0.5, 0.6) is 0 Å². The molecule has 29 heavy (non-hydrogen) atoms. The first-order valence-electron chi connectivity index (χ1n) is 9.55. The van der Waals surface area contributed by atoms with E-state index in [4.69, 9.17) is 4.74 Å². The topological polar surface area (TPSA) is 79.0 Å². The second kappa shape index (κ2) is 8.84. The lowest BCUT2D eigenvalue weighted by Crippen LogP contribution is -2.45. The highest BCUT2D eigenvalue weighted by molar-refractivity contribution is 7.92. The summed E-state index contributed by atoms with van der Waals surface area (Å²) in [6.45, 7) is 6.54. The largest absolute Gasteiger partial charge is 0.378 e. The van der Waals surface area contributed by atoms with E-state index >= 15 is 0 Å². The van der Waals surface area contributed by atoms with Crippen LogP contribution in [0.15, 0.2) is 48.5 Å². The molecule has 156 valence electrons. The van der Waals surface area contributed by atoms with Crippen molar-refractivity contribution in [3.8, 4) is 0 Å². The first-order chi connectivity index (χ1) is 13.8. The lowest BCUT2D eigenvalue weighted by Gasteiger charge is -2.29. The Morgan fingerprint density at radius 3 is 2.38 bits per heavy atom. The molecule has 0 saturated carbocycles. The number of benzene rings is 2. The molecule has 1 fully saturated rings. The molecule has 1 heterocycles.